The topological polar surface area (TPSA) is 137 Å². The van der Waals surface area contributed by atoms with Gasteiger partial charge in [0.05, 0.1) is 20.3 Å². The lowest BCUT2D eigenvalue weighted by atomic mass is 9.61. The van der Waals surface area contributed by atoms with Crippen LogP contribution in [-0.2, 0) is 43.7 Å². The fourth-order valence-electron chi connectivity index (χ4n) is 6.63. The molecule has 0 saturated carbocycles. The second-order valence-corrected chi connectivity index (χ2v) is 11.3. The number of carbonyl (C=O) groups is 1. The van der Waals surface area contributed by atoms with Gasteiger partial charge in [0.2, 0.25) is 5.79 Å². The second kappa shape index (κ2) is 15.2. The van der Waals surface area contributed by atoms with E-state index >= 15 is 0 Å². The van der Waals surface area contributed by atoms with Crippen molar-refractivity contribution < 1.29 is 38.3 Å². The Balaban J connectivity index is 1.88. The molecule has 12 nitrogen and oxygen atoms in total. The summed E-state index contributed by atoms with van der Waals surface area (Å²) in [6, 6.07) is 28.6. The minimum absolute atomic E-state index is 0.0505. The van der Waals surface area contributed by atoms with Crippen LogP contribution in [0.1, 0.15) is 35.4 Å². The number of nitrogens with zero attached hydrogens (tertiary/aromatic N) is 1. The van der Waals surface area contributed by atoms with Crippen LogP contribution in [0.3, 0.4) is 0 Å². The Morgan fingerprint density at radius 3 is 1.83 bits per heavy atom. The van der Waals surface area contributed by atoms with Gasteiger partial charge in [-0.25, -0.2) is 9.68 Å². The van der Waals surface area contributed by atoms with E-state index in [0.717, 1.165) is 16.7 Å². The lowest BCUT2D eigenvalue weighted by Gasteiger charge is -2.51. The number of aromatic amines is 1. The van der Waals surface area contributed by atoms with Crippen LogP contribution in [0.15, 0.2) is 107 Å². The minimum atomic E-state index is -2.00. The Hall–Kier alpha value is -4.43. The first-order valence-corrected chi connectivity index (χ1v) is 15.4. The SMILES string of the molecule is COCCO[C@@H]1[C@H](OC(C)=O)[C@H](C(OC)(OOC)C(c2ccccc2)(c2ccccc2)c2ccccc2)O[C@@H]1n1cc(C)c(=O)[nH]c1=O. The molecule has 1 aliphatic rings. The average molecular weight is 661 g/mol. The van der Waals surface area contributed by atoms with Crippen LogP contribution in [0.4, 0.5) is 0 Å². The Labute approximate surface area is 278 Å². The molecular weight excluding hydrogens is 620 g/mol. The number of benzene rings is 3. The maximum absolute atomic E-state index is 13.3. The zero-order valence-electron chi connectivity index (χ0n) is 27.5. The molecule has 4 aromatic rings. The number of rotatable bonds is 14. The van der Waals surface area contributed by atoms with E-state index in [1.165, 1.54) is 39.0 Å². The fraction of sp³-hybridized carbons (Fsp3) is 0.361. The summed E-state index contributed by atoms with van der Waals surface area (Å²) in [5.74, 6) is -2.64. The quantitative estimate of drug-likeness (QED) is 0.0533. The van der Waals surface area contributed by atoms with Gasteiger partial charge in [0.1, 0.15) is 11.5 Å². The zero-order valence-corrected chi connectivity index (χ0v) is 27.5. The van der Waals surface area contributed by atoms with E-state index in [1.54, 1.807) is 6.92 Å². The standard InChI is InChI=1S/C36H40N2O10/c1-24-23-38(34(41)37-32(24)40)33-30(45-22-21-42-3)29(46-25(2)39)31(47-33)36(43-4,48-44-5)35(26-15-9-6-10-16-26,27-17-11-7-12-18-27)28-19-13-8-14-20-28/h6-20,23,29-31,33H,21-22H2,1-5H3,(H,37,40,41)/t29-,30+,31+,33-,36?/m0/s1. The lowest BCUT2D eigenvalue weighted by molar-refractivity contribution is -0.452. The molecule has 1 saturated heterocycles. The van der Waals surface area contributed by atoms with E-state index in [1.807, 2.05) is 91.0 Å². The highest BCUT2D eigenvalue weighted by Gasteiger charge is 2.69. The van der Waals surface area contributed by atoms with Crippen LogP contribution in [0.2, 0.25) is 0 Å². The Morgan fingerprint density at radius 1 is 0.833 bits per heavy atom. The minimum Gasteiger partial charge on any atom is -0.457 e. The average Bonchev–Trinajstić information content (AvgIpc) is 3.44. The van der Waals surface area contributed by atoms with Crippen molar-refractivity contribution in [3.63, 3.8) is 0 Å². The number of esters is 1. The summed E-state index contributed by atoms with van der Waals surface area (Å²) in [6.07, 6.45) is -3.59. The first-order valence-electron chi connectivity index (χ1n) is 15.4. The van der Waals surface area contributed by atoms with Crippen molar-refractivity contribution in [1.29, 1.82) is 0 Å². The molecule has 3 aromatic carbocycles. The van der Waals surface area contributed by atoms with Crippen LogP contribution in [0.25, 0.3) is 0 Å². The Morgan fingerprint density at radius 2 is 1.38 bits per heavy atom. The first kappa shape index (κ1) is 34.9. The van der Waals surface area contributed by atoms with Gasteiger partial charge in [-0.05, 0) is 23.6 Å². The van der Waals surface area contributed by atoms with Crippen LogP contribution >= 0.6 is 0 Å². The highest BCUT2D eigenvalue weighted by atomic mass is 17.2. The number of nitrogens with one attached hydrogen (secondary N) is 1. The van der Waals surface area contributed by atoms with Gasteiger partial charge in [-0.1, -0.05) is 91.0 Å². The molecule has 5 atom stereocenters. The van der Waals surface area contributed by atoms with E-state index in [0.29, 0.717) is 0 Å². The van der Waals surface area contributed by atoms with Gasteiger partial charge in [0, 0.05) is 32.9 Å². The third-order valence-electron chi connectivity index (χ3n) is 8.54. The molecule has 2 heterocycles. The molecule has 0 amide bonds. The molecule has 48 heavy (non-hydrogen) atoms. The molecule has 12 heteroatoms. The van der Waals surface area contributed by atoms with E-state index in [2.05, 4.69) is 4.98 Å². The molecule has 1 fully saturated rings. The summed E-state index contributed by atoms with van der Waals surface area (Å²) in [5, 5.41) is 0. The molecule has 5 rings (SSSR count). The molecular formula is C36H40N2O10. The summed E-state index contributed by atoms with van der Waals surface area (Å²) >= 11 is 0. The molecule has 0 aliphatic carbocycles. The van der Waals surface area contributed by atoms with Gasteiger partial charge in [0.25, 0.3) is 5.56 Å². The largest absolute Gasteiger partial charge is 0.457 e. The van der Waals surface area contributed by atoms with Crippen molar-refractivity contribution in [3.8, 4) is 0 Å². The van der Waals surface area contributed by atoms with Crippen LogP contribution < -0.4 is 11.2 Å². The summed E-state index contributed by atoms with van der Waals surface area (Å²) in [7, 11) is 4.31. The van der Waals surface area contributed by atoms with E-state index in [4.69, 9.17) is 33.5 Å². The third-order valence-corrected chi connectivity index (χ3v) is 8.54. The fourth-order valence-corrected chi connectivity index (χ4v) is 6.63. The van der Waals surface area contributed by atoms with Crippen LogP contribution in [-0.4, -0.2) is 74.2 Å². The lowest BCUT2D eigenvalue weighted by Crippen LogP contribution is -2.66. The third kappa shape index (κ3) is 6.26. The highest BCUT2D eigenvalue weighted by Crippen LogP contribution is 2.55. The summed E-state index contributed by atoms with van der Waals surface area (Å²) in [6.45, 7) is 3.06. The van der Waals surface area contributed by atoms with Crippen molar-refractivity contribution >= 4 is 5.97 Å². The molecule has 254 valence electrons. The number of hydrogen-bond donors (Lipinski definition) is 1. The smallest absolute Gasteiger partial charge is 0.330 e. The van der Waals surface area contributed by atoms with Crippen molar-refractivity contribution in [3.05, 3.63) is 140 Å². The normalized spacial score (nSPS) is 20.7. The number of aromatic nitrogens is 2. The van der Waals surface area contributed by atoms with Gasteiger partial charge < -0.3 is 23.7 Å². The maximum atomic E-state index is 13.3. The summed E-state index contributed by atoms with van der Waals surface area (Å²) < 4.78 is 32.1. The second-order valence-electron chi connectivity index (χ2n) is 11.3. The predicted molar refractivity (Wildman–Crippen MR) is 174 cm³/mol. The number of H-pyrrole nitrogens is 1. The number of methoxy groups -OCH3 is 2. The van der Waals surface area contributed by atoms with Crippen molar-refractivity contribution in [2.24, 2.45) is 0 Å². The molecule has 1 aliphatic heterocycles. The molecule has 1 N–H and O–H groups in total. The number of aryl methyl sites for hydroxylation is 1. The van der Waals surface area contributed by atoms with E-state index in [9.17, 15) is 14.4 Å². The van der Waals surface area contributed by atoms with Crippen LogP contribution in [0, 0.1) is 6.92 Å². The van der Waals surface area contributed by atoms with E-state index in [-0.39, 0.29) is 18.8 Å². The molecule has 0 spiro atoms. The maximum Gasteiger partial charge on any atom is 0.330 e. The zero-order chi connectivity index (χ0) is 34.3. The Bertz CT molecular complexity index is 1670. The highest BCUT2D eigenvalue weighted by molar-refractivity contribution is 5.66. The summed E-state index contributed by atoms with van der Waals surface area (Å²) in [4.78, 5) is 52.8. The molecule has 1 aromatic heterocycles. The van der Waals surface area contributed by atoms with Crippen molar-refractivity contribution in [2.45, 2.75) is 49.6 Å². The van der Waals surface area contributed by atoms with Crippen molar-refractivity contribution in [1.82, 2.24) is 9.55 Å². The summed E-state index contributed by atoms with van der Waals surface area (Å²) in [5.41, 5.74) is -0.266. The van der Waals surface area contributed by atoms with Crippen LogP contribution in [0.5, 0.6) is 0 Å². The van der Waals surface area contributed by atoms with Gasteiger partial charge in [-0.3, -0.25) is 19.1 Å². The van der Waals surface area contributed by atoms with Gasteiger partial charge >= 0.3 is 11.7 Å². The molecule has 1 unspecified atom stereocenters. The van der Waals surface area contributed by atoms with Crippen molar-refractivity contribution in [2.75, 3.05) is 34.5 Å². The van der Waals surface area contributed by atoms with Gasteiger partial charge in [-0.15, -0.1) is 0 Å². The monoisotopic (exact) mass is 660 g/mol. The molecule has 0 radical (unpaired) electrons. The van der Waals surface area contributed by atoms with Gasteiger partial charge in [0.15, 0.2) is 18.4 Å². The van der Waals surface area contributed by atoms with E-state index < -0.39 is 53.0 Å². The Kier molecular flexibility index (Phi) is 11.0. The molecule has 0 bridgehead atoms. The number of ether oxygens (including phenoxy) is 5. The predicted octanol–water partition coefficient (Wildman–Crippen LogP) is 3.66. The van der Waals surface area contributed by atoms with Gasteiger partial charge in [-0.2, -0.15) is 4.89 Å². The number of carbonyl (C=O) groups excluding carboxylic acids is 1. The first-order chi connectivity index (χ1) is 23.2. The number of hydrogen-bond acceptors (Lipinski definition) is 10.